The van der Waals surface area contributed by atoms with Crippen LogP contribution in [0.1, 0.15) is 75.8 Å². The van der Waals surface area contributed by atoms with Gasteiger partial charge in [0, 0.05) is 42.7 Å². The topological polar surface area (TPSA) is 95.9 Å². The molecule has 0 saturated carbocycles. The van der Waals surface area contributed by atoms with E-state index < -0.39 is 33.4 Å². The number of anilines is 2. The number of amides is 1. The molecule has 1 unspecified atom stereocenters. The first-order valence-corrected chi connectivity index (χ1v) is 16.1. The van der Waals surface area contributed by atoms with Gasteiger partial charge in [0.1, 0.15) is 0 Å². The van der Waals surface area contributed by atoms with Crippen molar-refractivity contribution in [3.05, 3.63) is 53.6 Å². The molecule has 216 valence electrons. The zero-order chi connectivity index (χ0) is 28.6. The van der Waals surface area contributed by atoms with Crippen LogP contribution >= 0.6 is 11.6 Å². The van der Waals surface area contributed by atoms with E-state index in [0.717, 1.165) is 36.9 Å². The Bertz CT molecular complexity index is 1210. The second kappa shape index (κ2) is 13.9. The van der Waals surface area contributed by atoms with E-state index in [4.69, 9.17) is 16.3 Å². The quantitative estimate of drug-likeness (QED) is 0.218. The number of carbonyl (C=O) groups excluding carboxylic acids is 1. The van der Waals surface area contributed by atoms with Crippen molar-refractivity contribution in [2.24, 2.45) is 5.41 Å². The molecule has 1 amide bonds. The van der Waals surface area contributed by atoms with E-state index in [1.54, 1.807) is 12.1 Å². The Morgan fingerprint density at radius 3 is 2.41 bits per heavy atom. The lowest BCUT2D eigenvalue weighted by molar-refractivity contribution is 0.0127. The number of alkyl halides is 1. The Morgan fingerprint density at radius 2 is 1.79 bits per heavy atom. The summed E-state index contributed by atoms with van der Waals surface area (Å²) >= 11 is 5.68. The largest absolute Gasteiger partial charge is 0.449 e. The van der Waals surface area contributed by atoms with E-state index >= 15 is 0 Å². The van der Waals surface area contributed by atoms with Crippen LogP contribution in [0.5, 0.6) is 0 Å². The number of nitrogens with zero attached hydrogens (tertiary/aromatic N) is 1. The molecule has 1 aliphatic rings. The molecule has 9 heteroatoms. The summed E-state index contributed by atoms with van der Waals surface area (Å²) in [6, 6.07) is 12.7. The molecule has 0 bridgehead atoms. The number of carbonyl (C=O) groups is 1. The van der Waals surface area contributed by atoms with Gasteiger partial charge in [-0.05, 0) is 60.7 Å². The lowest BCUT2D eigenvalue weighted by Gasteiger charge is -2.40. The minimum atomic E-state index is -3.68. The second-order valence-corrected chi connectivity index (χ2v) is 13.1. The molecule has 0 saturated heterocycles. The summed E-state index contributed by atoms with van der Waals surface area (Å²) in [4.78, 5) is 14.5. The van der Waals surface area contributed by atoms with Crippen LogP contribution in [0.4, 0.5) is 16.2 Å². The molecule has 0 radical (unpaired) electrons. The normalized spacial score (nSPS) is 19.5. The fourth-order valence-corrected chi connectivity index (χ4v) is 7.87. The van der Waals surface area contributed by atoms with Gasteiger partial charge in [-0.2, -0.15) is 0 Å². The van der Waals surface area contributed by atoms with Gasteiger partial charge in [0.25, 0.3) is 0 Å². The van der Waals surface area contributed by atoms with Crippen LogP contribution < -0.4 is 10.2 Å². The van der Waals surface area contributed by atoms with Gasteiger partial charge in [0.05, 0.1) is 23.4 Å². The fraction of sp³-hybridized carbons (Fsp3) is 0.567. The van der Waals surface area contributed by atoms with Crippen LogP contribution in [0.15, 0.2) is 47.4 Å². The predicted octanol–water partition coefficient (Wildman–Crippen LogP) is 6.58. The van der Waals surface area contributed by atoms with Gasteiger partial charge in [-0.25, -0.2) is 13.2 Å². The van der Waals surface area contributed by atoms with Crippen molar-refractivity contribution in [1.29, 1.82) is 0 Å². The van der Waals surface area contributed by atoms with E-state index in [1.807, 2.05) is 49.3 Å². The Balaban J connectivity index is 2.18. The monoisotopic (exact) mass is 578 g/mol. The van der Waals surface area contributed by atoms with Gasteiger partial charge in [0.2, 0.25) is 0 Å². The van der Waals surface area contributed by atoms with Crippen LogP contribution in [0.25, 0.3) is 0 Å². The first-order valence-electron chi connectivity index (χ1n) is 13.9. The molecule has 7 nitrogen and oxygen atoms in total. The number of nitrogens with one attached hydrogen (secondary N) is 1. The molecule has 2 aromatic rings. The minimum absolute atomic E-state index is 0.0865. The number of hydrogen-bond donors (Lipinski definition) is 2. The minimum Gasteiger partial charge on any atom is -0.449 e. The zero-order valence-corrected chi connectivity index (χ0v) is 25.2. The summed E-state index contributed by atoms with van der Waals surface area (Å²) in [5.74, 6) is -0.284. The van der Waals surface area contributed by atoms with Crippen LogP contribution in [0.2, 0.25) is 0 Å². The van der Waals surface area contributed by atoms with E-state index in [0.29, 0.717) is 36.4 Å². The number of fused-ring (bicyclic) bond motifs is 1. The van der Waals surface area contributed by atoms with Gasteiger partial charge < -0.3 is 14.7 Å². The average Bonchev–Trinajstić information content (AvgIpc) is 2.97. The number of aliphatic hydroxyl groups is 1. The lowest BCUT2D eigenvalue weighted by atomic mass is 9.68. The van der Waals surface area contributed by atoms with Crippen molar-refractivity contribution in [1.82, 2.24) is 0 Å². The number of benzene rings is 2. The molecule has 2 atom stereocenters. The average molecular weight is 579 g/mol. The summed E-state index contributed by atoms with van der Waals surface area (Å²) in [5, 5.41) is 15.0. The summed E-state index contributed by atoms with van der Waals surface area (Å²) in [7, 11) is 0.132. The maximum absolute atomic E-state index is 14.0. The number of ether oxygens (including phenoxy) is 1. The molecule has 2 aromatic carbocycles. The number of unbranched alkanes of at least 4 members (excludes halogenated alkanes) is 2. The third-order valence-corrected chi connectivity index (χ3v) is 9.92. The van der Waals surface area contributed by atoms with Gasteiger partial charge >= 0.3 is 6.09 Å². The highest BCUT2D eigenvalue weighted by Crippen LogP contribution is 2.50. The second-order valence-electron chi connectivity index (χ2n) is 10.8. The molecule has 1 heterocycles. The molecule has 3 rings (SSSR count). The van der Waals surface area contributed by atoms with Crippen molar-refractivity contribution in [3.63, 3.8) is 0 Å². The molecule has 0 fully saturated rings. The van der Waals surface area contributed by atoms with E-state index in [9.17, 15) is 18.3 Å². The van der Waals surface area contributed by atoms with E-state index in [1.165, 1.54) is 0 Å². The molecule has 0 aliphatic carbocycles. The summed E-state index contributed by atoms with van der Waals surface area (Å²) < 4.78 is 33.1. The Labute approximate surface area is 238 Å². The van der Waals surface area contributed by atoms with Crippen molar-refractivity contribution in [3.8, 4) is 0 Å². The fourth-order valence-electron chi connectivity index (χ4n) is 5.57. The van der Waals surface area contributed by atoms with Crippen LogP contribution in [-0.2, 0) is 14.6 Å². The zero-order valence-electron chi connectivity index (χ0n) is 23.6. The highest BCUT2D eigenvalue weighted by Gasteiger charge is 2.49. The number of aliphatic hydroxyl groups excluding tert-OH is 1. The Hall–Kier alpha value is -2.29. The Morgan fingerprint density at radius 1 is 1.10 bits per heavy atom. The molecular weight excluding hydrogens is 536 g/mol. The molecule has 0 spiro atoms. The van der Waals surface area contributed by atoms with Crippen LogP contribution in [0.3, 0.4) is 0 Å². The van der Waals surface area contributed by atoms with Crippen molar-refractivity contribution in [2.75, 3.05) is 42.6 Å². The SMILES string of the molecule is CCCCC1(CCCC)CS(=O)(=O)c2ccc(N(C)C)cc2[C@@H](c2cccc(NC(=O)OCCCCl)c2)C1O. The molecule has 0 aromatic heterocycles. The van der Waals surface area contributed by atoms with Gasteiger partial charge in [-0.15, -0.1) is 11.6 Å². The molecule has 1 aliphatic heterocycles. The molecular formula is C30H43ClN2O5S. The lowest BCUT2D eigenvalue weighted by Crippen LogP contribution is -2.43. The molecule has 39 heavy (non-hydrogen) atoms. The Kier molecular flexibility index (Phi) is 11.1. The maximum Gasteiger partial charge on any atom is 0.411 e. The number of sulfone groups is 1. The van der Waals surface area contributed by atoms with Crippen molar-refractivity contribution < 1.29 is 23.1 Å². The maximum atomic E-state index is 14.0. The first kappa shape index (κ1) is 31.2. The third-order valence-electron chi connectivity index (χ3n) is 7.66. The van der Waals surface area contributed by atoms with Gasteiger partial charge in [-0.1, -0.05) is 51.7 Å². The van der Waals surface area contributed by atoms with Gasteiger partial charge in [-0.3, -0.25) is 5.32 Å². The summed E-state index contributed by atoms with van der Waals surface area (Å²) in [6.45, 7) is 4.39. The number of halogens is 1. The standard InChI is InChI=1S/C30H43ClN2O5S/c1-5-7-15-30(16-8-6-2)21-39(36,37)26-14-13-24(33(3)4)20-25(26)27(28(30)34)22-11-9-12-23(19-22)32-29(35)38-18-10-17-31/h9,11-14,19-20,27-28,34H,5-8,10,15-18,21H2,1-4H3,(H,32,35)/t27-,28?/m1/s1. The highest BCUT2D eigenvalue weighted by atomic mass is 35.5. The van der Waals surface area contributed by atoms with Crippen molar-refractivity contribution >= 4 is 38.9 Å². The van der Waals surface area contributed by atoms with Gasteiger partial charge in [0.15, 0.2) is 9.84 Å². The predicted molar refractivity (Wildman–Crippen MR) is 159 cm³/mol. The number of rotatable bonds is 12. The van der Waals surface area contributed by atoms with E-state index in [-0.39, 0.29) is 17.3 Å². The van der Waals surface area contributed by atoms with Crippen LogP contribution in [-0.4, -0.2) is 58.1 Å². The third kappa shape index (κ3) is 7.47. The summed E-state index contributed by atoms with van der Waals surface area (Å²) in [6.07, 6.45) is 3.77. The van der Waals surface area contributed by atoms with E-state index in [2.05, 4.69) is 19.2 Å². The summed E-state index contributed by atoms with van der Waals surface area (Å²) in [5.41, 5.74) is 1.91. The first-order chi connectivity index (χ1) is 18.6. The van der Waals surface area contributed by atoms with Crippen molar-refractivity contribution in [2.45, 2.75) is 75.7 Å². The highest BCUT2D eigenvalue weighted by molar-refractivity contribution is 7.91. The molecule has 2 N–H and O–H groups in total. The van der Waals surface area contributed by atoms with Crippen LogP contribution in [0, 0.1) is 5.41 Å². The number of hydrogen-bond acceptors (Lipinski definition) is 6. The smallest absolute Gasteiger partial charge is 0.411 e.